The van der Waals surface area contributed by atoms with E-state index in [0.29, 0.717) is 6.54 Å². The second-order valence-electron chi connectivity index (χ2n) is 4.61. The molecule has 0 aliphatic heterocycles. The van der Waals surface area contributed by atoms with Crippen LogP contribution >= 0.6 is 0 Å². The van der Waals surface area contributed by atoms with Crippen molar-refractivity contribution in [3.05, 3.63) is 47.8 Å². The number of para-hydroxylation sites is 1. The molecule has 0 atom stereocenters. The number of likely N-dealkylation sites (N-methyl/N-ethyl adjacent to an activating group) is 1. The van der Waals surface area contributed by atoms with Crippen LogP contribution in [0.1, 0.15) is 18.2 Å². The van der Waals surface area contributed by atoms with E-state index in [9.17, 15) is 0 Å². The van der Waals surface area contributed by atoms with Crippen LogP contribution in [0.3, 0.4) is 0 Å². The van der Waals surface area contributed by atoms with Crippen molar-refractivity contribution in [2.45, 2.75) is 20.4 Å². The lowest BCUT2D eigenvalue weighted by Crippen LogP contribution is -2.26. The highest BCUT2D eigenvalue weighted by Crippen LogP contribution is 2.13. The SMILES string of the molecule is CCN(CCO)Cc1cn(-c2ccccc2)nc1C. The third-order valence-electron chi connectivity index (χ3n) is 3.28. The fourth-order valence-corrected chi connectivity index (χ4v) is 2.10. The van der Waals surface area contributed by atoms with Crippen molar-refractivity contribution in [1.82, 2.24) is 14.7 Å². The number of rotatable bonds is 6. The van der Waals surface area contributed by atoms with E-state index in [1.54, 1.807) is 0 Å². The molecule has 0 saturated carbocycles. The molecular weight excluding hydrogens is 238 g/mol. The van der Waals surface area contributed by atoms with Crippen molar-refractivity contribution < 1.29 is 5.11 Å². The van der Waals surface area contributed by atoms with E-state index in [1.807, 2.05) is 41.9 Å². The van der Waals surface area contributed by atoms with Gasteiger partial charge in [0.2, 0.25) is 0 Å². The summed E-state index contributed by atoms with van der Waals surface area (Å²) in [5.41, 5.74) is 3.32. The van der Waals surface area contributed by atoms with Gasteiger partial charge in [0.25, 0.3) is 0 Å². The Labute approximate surface area is 114 Å². The average molecular weight is 259 g/mol. The Morgan fingerprint density at radius 3 is 2.63 bits per heavy atom. The highest BCUT2D eigenvalue weighted by Gasteiger charge is 2.09. The van der Waals surface area contributed by atoms with Gasteiger partial charge in [-0.1, -0.05) is 25.1 Å². The van der Waals surface area contributed by atoms with E-state index < -0.39 is 0 Å². The van der Waals surface area contributed by atoms with Gasteiger partial charge >= 0.3 is 0 Å². The lowest BCUT2D eigenvalue weighted by molar-refractivity contribution is 0.196. The van der Waals surface area contributed by atoms with Gasteiger partial charge in [-0.25, -0.2) is 4.68 Å². The molecule has 1 heterocycles. The molecular formula is C15H21N3O. The fourth-order valence-electron chi connectivity index (χ4n) is 2.10. The molecule has 19 heavy (non-hydrogen) atoms. The van der Waals surface area contributed by atoms with Crippen molar-refractivity contribution in [2.75, 3.05) is 19.7 Å². The molecule has 0 saturated heterocycles. The third-order valence-corrected chi connectivity index (χ3v) is 3.28. The van der Waals surface area contributed by atoms with E-state index in [1.165, 1.54) is 5.56 Å². The molecule has 1 aromatic carbocycles. The van der Waals surface area contributed by atoms with E-state index >= 15 is 0 Å². The Morgan fingerprint density at radius 2 is 2.00 bits per heavy atom. The van der Waals surface area contributed by atoms with E-state index in [4.69, 9.17) is 5.11 Å². The summed E-state index contributed by atoms with van der Waals surface area (Å²) in [7, 11) is 0. The highest BCUT2D eigenvalue weighted by atomic mass is 16.3. The van der Waals surface area contributed by atoms with E-state index in [2.05, 4.69) is 23.1 Å². The maximum Gasteiger partial charge on any atom is 0.0645 e. The second kappa shape index (κ2) is 6.50. The van der Waals surface area contributed by atoms with Gasteiger partial charge in [-0.2, -0.15) is 5.10 Å². The number of hydrogen-bond acceptors (Lipinski definition) is 3. The van der Waals surface area contributed by atoms with Crippen molar-refractivity contribution in [3.63, 3.8) is 0 Å². The van der Waals surface area contributed by atoms with Gasteiger partial charge in [0, 0.05) is 24.8 Å². The van der Waals surface area contributed by atoms with Gasteiger partial charge in [-0.05, 0) is 25.6 Å². The van der Waals surface area contributed by atoms with E-state index in [0.717, 1.165) is 24.5 Å². The number of hydrogen-bond donors (Lipinski definition) is 1. The largest absolute Gasteiger partial charge is 0.395 e. The lowest BCUT2D eigenvalue weighted by atomic mass is 10.2. The average Bonchev–Trinajstić information content (AvgIpc) is 2.80. The molecule has 0 spiro atoms. The smallest absolute Gasteiger partial charge is 0.0645 e. The minimum atomic E-state index is 0.194. The quantitative estimate of drug-likeness (QED) is 0.862. The van der Waals surface area contributed by atoms with Gasteiger partial charge in [0.05, 0.1) is 18.0 Å². The molecule has 4 heteroatoms. The Hall–Kier alpha value is -1.65. The van der Waals surface area contributed by atoms with E-state index in [-0.39, 0.29) is 6.61 Å². The van der Waals surface area contributed by atoms with Crippen LogP contribution in [-0.2, 0) is 6.54 Å². The zero-order valence-corrected chi connectivity index (χ0v) is 11.6. The van der Waals surface area contributed by atoms with Crippen molar-refractivity contribution in [1.29, 1.82) is 0 Å². The zero-order valence-electron chi connectivity index (χ0n) is 11.6. The van der Waals surface area contributed by atoms with Crippen LogP contribution in [0.2, 0.25) is 0 Å². The predicted octanol–water partition coefficient (Wildman–Crippen LogP) is 1.99. The minimum Gasteiger partial charge on any atom is -0.395 e. The minimum absolute atomic E-state index is 0.194. The first-order valence-corrected chi connectivity index (χ1v) is 6.68. The molecule has 0 unspecified atom stereocenters. The first kappa shape index (κ1) is 13.8. The molecule has 0 radical (unpaired) electrons. The maximum atomic E-state index is 9.04. The summed E-state index contributed by atoms with van der Waals surface area (Å²) in [6.07, 6.45) is 2.07. The van der Waals surface area contributed by atoms with Crippen LogP contribution in [0.5, 0.6) is 0 Å². The fraction of sp³-hybridized carbons (Fsp3) is 0.400. The summed E-state index contributed by atoms with van der Waals surface area (Å²) in [5.74, 6) is 0. The second-order valence-corrected chi connectivity index (χ2v) is 4.61. The predicted molar refractivity (Wildman–Crippen MR) is 76.3 cm³/mol. The van der Waals surface area contributed by atoms with Crippen LogP contribution in [0.4, 0.5) is 0 Å². The number of nitrogens with zero attached hydrogens (tertiary/aromatic N) is 3. The highest BCUT2D eigenvalue weighted by molar-refractivity contribution is 5.32. The van der Waals surface area contributed by atoms with Crippen molar-refractivity contribution in [2.24, 2.45) is 0 Å². The Morgan fingerprint density at radius 1 is 1.26 bits per heavy atom. The summed E-state index contributed by atoms with van der Waals surface area (Å²) in [6.45, 7) is 6.78. The van der Waals surface area contributed by atoms with Crippen LogP contribution in [0.15, 0.2) is 36.5 Å². The molecule has 0 aliphatic rings. The van der Waals surface area contributed by atoms with Gasteiger partial charge in [-0.15, -0.1) is 0 Å². The summed E-state index contributed by atoms with van der Waals surface area (Å²) in [4.78, 5) is 2.21. The molecule has 0 aliphatic carbocycles. The molecule has 0 amide bonds. The first-order chi connectivity index (χ1) is 9.24. The summed E-state index contributed by atoms with van der Waals surface area (Å²) in [6, 6.07) is 10.1. The third kappa shape index (κ3) is 3.43. The van der Waals surface area contributed by atoms with Crippen LogP contribution < -0.4 is 0 Å². The van der Waals surface area contributed by atoms with Crippen LogP contribution in [-0.4, -0.2) is 39.5 Å². The molecule has 1 N–H and O–H groups in total. The molecule has 4 nitrogen and oxygen atoms in total. The standard InChI is InChI=1S/C15H21N3O/c1-3-17(9-10-19)11-14-12-18(16-13(14)2)15-7-5-4-6-8-15/h4-8,12,19H,3,9-11H2,1-2H3. The van der Waals surface area contributed by atoms with Gasteiger partial charge < -0.3 is 5.11 Å². The Balaban J connectivity index is 2.17. The van der Waals surface area contributed by atoms with Crippen molar-refractivity contribution in [3.8, 4) is 5.69 Å². The summed E-state index contributed by atoms with van der Waals surface area (Å²) < 4.78 is 1.91. The number of aliphatic hydroxyl groups is 1. The Bertz CT molecular complexity index is 507. The van der Waals surface area contributed by atoms with Gasteiger partial charge in [0.1, 0.15) is 0 Å². The van der Waals surface area contributed by atoms with Gasteiger partial charge in [0.15, 0.2) is 0 Å². The lowest BCUT2D eigenvalue weighted by Gasteiger charge is -2.18. The molecule has 2 rings (SSSR count). The normalized spacial score (nSPS) is 11.2. The summed E-state index contributed by atoms with van der Waals surface area (Å²) >= 11 is 0. The first-order valence-electron chi connectivity index (χ1n) is 6.68. The molecule has 102 valence electrons. The molecule has 0 fully saturated rings. The number of aryl methyl sites for hydroxylation is 1. The topological polar surface area (TPSA) is 41.3 Å². The van der Waals surface area contributed by atoms with Crippen molar-refractivity contribution >= 4 is 0 Å². The van der Waals surface area contributed by atoms with Crippen LogP contribution in [0.25, 0.3) is 5.69 Å². The molecule has 0 bridgehead atoms. The number of aliphatic hydroxyl groups excluding tert-OH is 1. The zero-order chi connectivity index (χ0) is 13.7. The number of aromatic nitrogens is 2. The summed E-state index contributed by atoms with van der Waals surface area (Å²) in [5, 5.41) is 13.6. The number of benzene rings is 1. The van der Waals surface area contributed by atoms with Gasteiger partial charge in [-0.3, -0.25) is 4.90 Å². The Kier molecular flexibility index (Phi) is 4.71. The maximum absolute atomic E-state index is 9.04. The monoisotopic (exact) mass is 259 g/mol. The molecule has 1 aromatic heterocycles. The molecule has 2 aromatic rings. The van der Waals surface area contributed by atoms with Crippen LogP contribution in [0, 0.1) is 6.92 Å².